The number of amides is 2. The number of piperidine rings is 1. The molecular weight excluding hydrogens is 318 g/mol. The smallest absolute Gasteiger partial charge is 0.255 e. The van der Waals surface area contributed by atoms with Crippen LogP contribution in [0.1, 0.15) is 48.9 Å². The summed E-state index contributed by atoms with van der Waals surface area (Å²) >= 11 is 0. The van der Waals surface area contributed by atoms with Gasteiger partial charge in [-0.3, -0.25) is 14.6 Å². The molecule has 3 saturated heterocycles. The predicted octanol–water partition coefficient (Wildman–Crippen LogP) is 1.86. The van der Waals surface area contributed by atoms with Crippen molar-refractivity contribution in [2.45, 2.75) is 50.2 Å². The van der Waals surface area contributed by atoms with E-state index in [1.807, 2.05) is 9.80 Å². The summed E-state index contributed by atoms with van der Waals surface area (Å²) in [6.07, 6.45) is 8.57. The van der Waals surface area contributed by atoms with E-state index in [1.165, 1.54) is 0 Å². The molecule has 1 atom stereocenters. The van der Waals surface area contributed by atoms with E-state index in [4.69, 9.17) is 4.74 Å². The number of carbonyl (C=O) groups excluding carboxylic acids is 2. The zero-order chi connectivity index (χ0) is 17.3. The van der Waals surface area contributed by atoms with E-state index >= 15 is 0 Å². The summed E-state index contributed by atoms with van der Waals surface area (Å²) in [5, 5.41) is 0. The van der Waals surface area contributed by atoms with E-state index in [2.05, 4.69) is 4.98 Å². The highest BCUT2D eigenvalue weighted by Gasteiger charge is 2.46. The minimum atomic E-state index is -0.279. The highest BCUT2D eigenvalue weighted by molar-refractivity contribution is 5.93. The number of pyridine rings is 1. The number of hydrogen-bond donors (Lipinski definition) is 0. The number of hydrogen-bond acceptors (Lipinski definition) is 4. The van der Waals surface area contributed by atoms with Crippen LogP contribution in [-0.4, -0.2) is 64.5 Å². The summed E-state index contributed by atoms with van der Waals surface area (Å²) in [5.74, 6) is 0.203. The Morgan fingerprint density at radius 2 is 1.84 bits per heavy atom. The molecule has 0 saturated carbocycles. The van der Waals surface area contributed by atoms with Crippen LogP contribution in [0.25, 0.3) is 0 Å². The first-order valence-electron chi connectivity index (χ1n) is 9.33. The fourth-order valence-electron chi connectivity index (χ4n) is 4.29. The average molecular weight is 343 g/mol. The standard InChI is InChI=1S/C19H25N3O3/c23-17(15-4-3-9-20-14-15)22-12-7-19(8-13-22)6-5-16(25-19)18(24)21-10-1-2-11-21/h3-4,9,14,16H,1-2,5-8,10-13H2. The normalized spacial score (nSPS) is 25.5. The number of likely N-dealkylation sites (tertiary alicyclic amines) is 2. The number of carbonyl (C=O) groups is 2. The van der Waals surface area contributed by atoms with Crippen LogP contribution in [0.15, 0.2) is 24.5 Å². The molecule has 6 nitrogen and oxygen atoms in total. The molecular formula is C19H25N3O3. The van der Waals surface area contributed by atoms with Gasteiger partial charge in [-0.05, 0) is 50.7 Å². The molecule has 1 unspecified atom stereocenters. The van der Waals surface area contributed by atoms with Gasteiger partial charge in [-0.15, -0.1) is 0 Å². The van der Waals surface area contributed by atoms with E-state index in [0.717, 1.165) is 51.6 Å². The third-order valence-corrected chi connectivity index (χ3v) is 5.82. The largest absolute Gasteiger partial charge is 0.362 e. The maximum Gasteiger partial charge on any atom is 0.255 e. The first-order chi connectivity index (χ1) is 12.2. The van der Waals surface area contributed by atoms with Crippen molar-refractivity contribution in [3.05, 3.63) is 30.1 Å². The Bertz CT molecular complexity index is 635. The molecule has 0 bridgehead atoms. The lowest BCUT2D eigenvalue weighted by molar-refractivity contribution is -0.149. The van der Waals surface area contributed by atoms with Crippen molar-refractivity contribution in [1.29, 1.82) is 0 Å². The molecule has 1 aromatic rings. The Morgan fingerprint density at radius 1 is 1.08 bits per heavy atom. The lowest BCUT2D eigenvalue weighted by Gasteiger charge is -2.39. The van der Waals surface area contributed by atoms with E-state index in [1.54, 1.807) is 24.5 Å². The Balaban J connectivity index is 1.34. The maximum atomic E-state index is 12.6. The average Bonchev–Trinajstić information content (AvgIpc) is 3.33. The summed E-state index contributed by atoms with van der Waals surface area (Å²) in [6.45, 7) is 3.11. The summed E-state index contributed by atoms with van der Waals surface area (Å²) in [6, 6.07) is 3.59. The molecule has 4 heterocycles. The van der Waals surface area contributed by atoms with Crippen molar-refractivity contribution in [2.24, 2.45) is 0 Å². The third-order valence-electron chi connectivity index (χ3n) is 5.82. The topological polar surface area (TPSA) is 62.7 Å². The van der Waals surface area contributed by atoms with Crippen LogP contribution in [-0.2, 0) is 9.53 Å². The first-order valence-corrected chi connectivity index (χ1v) is 9.33. The van der Waals surface area contributed by atoms with E-state index < -0.39 is 0 Å². The van der Waals surface area contributed by atoms with E-state index in [9.17, 15) is 9.59 Å². The molecule has 1 spiro atoms. The number of aromatic nitrogens is 1. The molecule has 3 aliphatic rings. The van der Waals surface area contributed by atoms with E-state index in [0.29, 0.717) is 18.7 Å². The second-order valence-corrected chi connectivity index (χ2v) is 7.39. The molecule has 25 heavy (non-hydrogen) atoms. The fourth-order valence-corrected chi connectivity index (χ4v) is 4.29. The van der Waals surface area contributed by atoms with Crippen LogP contribution in [0.3, 0.4) is 0 Å². The molecule has 0 aliphatic carbocycles. The van der Waals surface area contributed by atoms with Gasteiger partial charge in [-0.2, -0.15) is 0 Å². The molecule has 1 aromatic heterocycles. The van der Waals surface area contributed by atoms with E-state index in [-0.39, 0.29) is 23.5 Å². The Kier molecular flexibility index (Phi) is 4.46. The van der Waals surface area contributed by atoms with Gasteiger partial charge >= 0.3 is 0 Å². The Hall–Kier alpha value is -1.95. The van der Waals surface area contributed by atoms with Gasteiger partial charge in [0.05, 0.1) is 11.2 Å². The van der Waals surface area contributed by atoms with Crippen LogP contribution >= 0.6 is 0 Å². The second kappa shape index (κ2) is 6.75. The number of nitrogens with zero attached hydrogens (tertiary/aromatic N) is 3. The van der Waals surface area contributed by atoms with Gasteiger partial charge in [-0.1, -0.05) is 0 Å². The Labute approximate surface area is 148 Å². The second-order valence-electron chi connectivity index (χ2n) is 7.39. The van der Waals surface area contributed by atoms with Crippen LogP contribution in [0.5, 0.6) is 0 Å². The lowest BCUT2D eigenvalue weighted by Crippen LogP contribution is -2.47. The molecule has 6 heteroatoms. The minimum absolute atomic E-state index is 0.0330. The van der Waals surface area contributed by atoms with Gasteiger partial charge in [0.25, 0.3) is 11.8 Å². The lowest BCUT2D eigenvalue weighted by atomic mass is 9.88. The van der Waals surface area contributed by atoms with Crippen molar-refractivity contribution in [3.8, 4) is 0 Å². The minimum Gasteiger partial charge on any atom is -0.362 e. The molecule has 0 aromatic carbocycles. The zero-order valence-corrected chi connectivity index (χ0v) is 14.5. The van der Waals surface area contributed by atoms with Crippen LogP contribution < -0.4 is 0 Å². The van der Waals surface area contributed by atoms with Crippen molar-refractivity contribution in [2.75, 3.05) is 26.2 Å². The molecule has 0 N–H and O–H groups in total. The SMILES string of the molecule is O=C(c1cccnc1)N1CCC2(CCC(C(=O)N3CCCC3)O2)CC1. The number of rotatable bonds is 2. The van der Waals surface area contributed by atoms with Gasteiger partial charge in [0, 0.05) is 38.6 Å². The summed E-state index contributed by atoms with van der Waals surface area (Å²) in [7, 11) is 0. The third kappa shape index (κ3) is 3.27. The van der Waals surface area contributed by atoms with Crippen LogP contribution in [0, 0.1) is 0 Å². The van der Waals surface area contributed by atoms with Crippen molar-refractivity contribution >= 4 is 11.8 Å². The van der Waals surface area contributed by atoms with Gasteiger partial charge in [0.2, 0.25) is 0 Å². The van der Waals surface area contributed by atoms with Crippen molar-refractivity contribution in [1.82, 2.24) is 14.8 Å². The highest BCUT2D eigenvalue weighted by Crippen LogP contribution is 2.39. The Morgan fingerprint density at radius 3 is 2.52 bits per heavy atom. The maximum absolute atomic E-state index is 12.6. The highest BCUT2D eigenvalue weighted by atomic mass is 16.5. The molecule has 3 aliphatic heterocycles. The summed E-state index contributed by atoms with van der Waals surface area (Å²) < 4.78 is 6.26. The quantitative estimate of drug-likeness (QED) is 0.822. The zero-order valence-electron chi connectivity index (χ0n) is 14.5. The molecule has 3 fully saturated rings. The molecule has 2 amide bonds. The predicted molar refractivity (Wildman–Crippen MR) is 92.0 cm³/mol. The van der Waals surface area contributed by atoms with Crippen LogP contribution in [0.2, 0.25) is 0 Å². The molecule has 134 valence electrons. The number of ether oxygens (including phenoxy) is 1. The summed E-state index contributed by atoms with van der Waals surface area (Å²) in [4.78, 5) is 32.9. The van der Waals surface area contributed by atoms with Gasteiger partial charge in [-0.25, -0.2) is 0 Å². The first kappa shape index (κ1) is 16.5. The van der Waals surface area contributed by atoms with Gasteiger partial charge in [0.1, 0.15) is 6.10 Å². The van der Waals surface area contributed by atoms with Crippen molar-refractivity contribution in [3.63, 3.8) is 0 Å². The van der Waals surface area contributed by atoms with Gasteiger partial charge < -0.3 is 14.5 Å². The fraction of sp³-hybridized carbons (Fsp3) is 0.632. The molecule has 0 radical (unpaired) electrons. The van der Waals surface area contributed by atoms with Gasteiger partial charge in [0.15, 0.2) is 0 Å². The monoisotopic (exact) mass is 343 g/mol. The van der Waals surface area contributed by atoms with Crippen LogP contribution in [0.4, 0.5) is 0 Å². The van der Waals surface area contributed by atoms with Crippen molar-refractivity contribution < 1.29 is 14.3 Å². The molecule has 4 rings (SSSR count). The summed E-state index contributed by atoms with van der Waals surface area (Å²) in [5.41, 5.74) is 0.416.